The summed E-state index contributed by atoms with van der Waals surface area (Å²) in [6.07, 6.45) is 3.61. The zero-order chi connectivity index (χ0) is 28.5. The highest BCUT2D eigenvalue weighted by Crippen LogP contribution is 2.49. The molecular weight excluding hydrogens is 515 g/mol. The molecule has 1 aliphatic carbocycles. The molecule has 0 radical (unpaired) electrons. The number of hydrogen-bond acceptors (Lipinski definition) is 7. The van der Waals surface area contributed by atoms with E-state index in [0.29, 0.717) is 47.3 Å². The smallest absolute Gasteiger partial charge is 0.257 e. The minimum atomic E-state index is -1.37. The number of carbonyl (C=O) groups excluding carboxylic acids is 1. The number of nitrogens with one attached hydrogen (secondary N) is 1. The minimum Gasteiger partial charge on any atom is -0.361 e. The monoisotopic (exact) mass is 546 g/mol. The fourth-order valence-electron chi connectivity index (χ4n) is 4.77. The van der Waals surface area contributed by atoms with Gasteiger partial charge in [-0.1, -0.05) is 19.6 Å². The Labute approximate surface area is 227 Å². The third kappa shape index (κ3) is 5.46. The second-order valence-corrected chi connectivity index (χ2v) is 16.8. The number of carbonyl (C=O) groups is 1. The zero-order valence-electron chi connectivity index (χ0n) is 22.8. The Hall–Kier alpha value is -3.93. The van der Waals surface area contributed by atoms with Crippen LogP contribution in [-0.2, 0) is 21.7 Å². The van der Waals surface area contributed by atoms with E-state index in [9.17, 15) is 19.2 Å². The number of halogens is 1. The number of aryl methyl sites for hydroxylation is 1. The molecule has 1 amide bonds. The van der Waals surface area contributed by atoms with E-state index in [-0.39, 0.29) is 23.8 Å². The number of benzene rings is 1. The average molecular weight is 547 g/mol. The van der Waals surface area contributed by atoms with Crippen LogP contribution in [0, 0.1) is 35.4 Å². The molecule has 9 nitrogen and oxygen atoms in total. The van der Waals surface area contributed by atoms with Gasteiger partial charge < -0.3 is 10.1 Å². The van der Waals surface area contributed by atoms with E-state index in [1.165, 1.54) is 29.1 Å². The molecular formula is C28H31FN6O3Si. The summed E-state index contributed by atoms with van der Waals surface area (Å²) < 4.78 is 22.0. The fourth-order valence-corrected chi connectivity index (χ4v) is 5.53. The highest BCUT2D eigenvalue weighted by atomic mass is 28.3. The summed E-state index contributed by atoms with van der Waals surface area (Å²) in [5.74, 6) is -0.733. The van der Waals surface area contributed by atoms with Gasteiger partial charge in [-0.25, -0.2) is 14.4 Å². The molecule has 0 saturated heterocycles. The lowest BCUT2D eigenvalue weighted by atomic mass is 9.88. The van der Waals surface area contributed by atoms with Gasteiger partial charge in [0.25, 0.3) is 5.56 Å². The Bertz CT molecular complexity index is 1580. The molecule has 0 bridgehead atoms. The molecule has 2 heterocycles. The number of nitriles is 2. The number of aromatic nitrogens is 3. The van der Waals surface area contributed by atoms with Crippen LogP contribution < -0.4 is 10.9 Å². The van der Waals surface area contributed by atoms with Gasteiger partial charge in [-0.2, -0.15) is 10.5 Å². The van der Waals surface area contributed by atoms with Crippen LogP contribution in [0.15, 0.2) is 29.3 Å². The van der Waals surface area contributed by atoms with Gasteiger partial charge in [0, 0.05) is 38.0 Å². The summed E-state index contributed by atoms with van der Waals surface area (Å²) >= 11 is 0. The van der Waals surface area contributed by atoms with Crippen LogP contribution in [0.3, 0.4) is 0 Å². The normalized spacial score (nSPS) is 14.9. The predicted octanol–water partition coefficient (Wildman–Crippen LogP) is 4.20. The largest absolute Gasteiger partial charge is 0.361 e. The Balaban J connectivity index is 1.76. The zero-order valence-corrected chi connectivity index (χ0v) is 23.8. The summed E-state index contributed by atoms with van der Waals surface area (Å²) in [6, 6.07) is 6.87. The van der Waals surface area contributed by atoms with E-state index in [0.717, 1.165) is 6.04 Å². The highest BCUT2D eigenvalue weighted by molar-refractivity contribution is 6.76. The van der Waals surface area contributed by atoms with E-state index in [4.69, 9.17) is 10.00 Å². The number of ether oxygens (including phenoxy) is 1. The van der Waals surface area contributed by atoms with Crippen molar-refractivity contribution in [3.05, 3.63) is 68.8 Å². The van der Waals surface area contributed by atoms with Crippen LogP contribution in [-0.4, -0.2) is 35.1 Å². The van der Waals surface area contributed by atoms with Gasteiger partial charge in [-0.15, -0.1) is 0 Å². The lowest BCUT2D eigenvalue weighted by Crippen LogP contribution is -2.42. The van der Waals surface area contributed by atoms with Gasteiger partial charge in [0.1, 0.15) is 30.5 Å². The van der Waals surface area contributed by atoms with Crippen LogP contribution in [0.2, 0.25) is 25.7 Å². The van der Waals surface area contributed by atoms with E-state index in [1.54, 1.807) is 13.8 Å². The van der Waals surface area contributed by atoms with Crippen molar-refractivity contribution in [2.45, 2.75) is 70.6 Å². The van der Waals surface area contributed by atoms with Crippen molar-refractivity contribution in [3.8, 4) is 12.1 Å². The predicted molar refractivity (Wildman–Crippen MR) is 146 cm³/mol. The van der Waals surface area contributed by atoms with Crippen LogP contribution >= 0.6 is 0 Å². The second-order valence-electron chi connectivity index (χ2n) is 11.2. The van der Waals surface area contributed by atoms with Crippen LogP contribution in [0.25, 0.3) is 10.9 Å². The Kier molecular flexibility index (Phi) is 7.69. The van der Waals surface area contributed by atoms with Crippen molar-refractivity contribution in [3.63, 3.8) is 0 Å². The molecule has 1 N–H and O–H groups in total. The van der Waals surface area contributed by atoms with Crippen molar-refractivity contribution in [1.29, 1.82) is 10.5 Å². The van der Waals surface area contributed by atoms with Crippen LogP contribution in [0.5, 0.6) is 0 Å². The van der Waals surface area contributed by atoms with Gasteiger partial charge in [-0.3, -0.25) is 14.2 Å². The van der Waals surface area contributed by atoms with Crippen molar-refractivity contribution in [1.82, 2.24) is 19.9 Å². The molecule has 202 valence electrons. The molecule has 1 fully saturated rings. The summed E-state index contributed by atoms with van der Waals surface area (Å²) in [6.45, 7) is 10.5. The first-order valence-corrected chi connectivity index (χ1v) is 16.5. The molecule has 39 heavy (non-hydrogen) atoms. The molecule has 1 atom stereocenters. The topological polar surface area (TPSA) is 134 Å². The van der Waals surface area contributed by atoms with Crippen molar-refractivity contribution >= 4 is 24.9 Å². The first-order valence-electron chi connectivity index (χ1n) is 12.8. The SMILES string of the molecule is Cc1c(C2(C(=O)N[C@@H](C)c3ncc(C#N)cn3)CC2)c(=O)n(COCC[Si](C)(C)C)c2ccc(F)c(C#N)c12. The highest BCUT2D eigenvalue weighted by Gasteiger charge is 2.54. The number of pyridine rings is 1. The van der Waals surface area contributed by atoms with Gasteiger partial charge in [0.2, 0.25) is 5.91 Å². The number of hydrogen-bond donors (Lipinski definition) is 1. The Morgan fingerprint density at radius 1 is 1.23 bits per heavy atom. The molecule has 1 aliphatic rings. The van der Waals surface area contributed by atoms with Crippen molar-refractivity contribution in [2.24, 2.45) is 0 Å². The van der Waals surface area contributed by atoms with Gasteiger partial charge in [0.15, 0.2) is 0 Å². The molecule has 0 aliphatic heterocycles. The molecule has 2 aromatic heterocycles. The first kappa shape index (κ1) is 28.1. The molecule has 1 aromatic carbocycles. The lowest BCUT2D eigenvalue weighted by Gasteiger charge is -2.24. The maximum atomic E-state index is 14.7. The average Bonchev–Trinajstić information content (AvgIpc) is 3.69. The van der Waals surface area contributed by atoms with Crippen LogP contribution in [0.4, 0.5) is 4.39 Å². The van der Waals surface area contributed by atoms with Gasteiger partial charge in [0.05, 0.1) is 28.1 Å². The number of rotatable bonds is 9. The van der Waals surface area contributed by atoms with Crippen LogP contribution in [0.1, 0.15) is 53.9 Å². The first-order chi connectivity index (χ1) is 18.4. The van der Waals surface area contributed by atoms with Crippen molar-refractivity contribution < 1.29 is 13.9 Å². The van der Waals surface area contributed by atoms with E-state index < -0.39 is 30.9 Å². The minimum absolute atomic E-state index is 0.0726. The molecule has 0 spiro atoms. The lowest BCUT2D eigenvalue weighted by molar-refractivity contribution is -0.124. The standard InChI is InChI=1S/C28H31FN6O3Si/c1-17-23-20(13-31)21(29)6-7-22(23)35(16-38-10-11-39(3,4)5)26(36)24(17)28(8-9-28)27(37)34-18(2)25-32-14-19(12-30)15-33-25/h6-7,14-15,18H,8-11,16H2,1-5H3,(H,34,37)/t18-/m0/s1. The Morgan fingerprint density at radius 3 is 2.46 bits per heavy atom. The van der Waals surface area contributed by atoms with E-state index in [2.05, 4.69) is 34.9 Å². The van der Waals surface area contributed by atoms with E-state index >= 15 is 0 Å². The maximum absolute atomic E-state index is 14.7. The maximum Gasteiger partial charge on any atom is 0.257 e. The molecule has 0 unspecified atom stereocenters. The summed E-state index contributed by atoms with van der Waals surface area (Å²) in [4.78, 5) is 35.9. The second kappa shape index (κ2) is 10.7. The fraction of sp³-hybridized carbons (Fsp3) is 0.429. The molecule has 4 rings (SSSR count). The molecule has 1 saturated carbocycles. The summed E-state index contributed by atoms with van der Waals surface area (Å²) in [5, 5.41) is 22.0. The molecule has 11 heteroatoms. The van der Waals surface area contributed by atoms with E-state index in [1.807, 2.05) is 12.1 Å². The third-order valence-corrected chi connectivity index (χ3v) is 8.86. The molecule has 3 aromatic rings. The summed E-state index contributed by atoms with van der Waals surface area (Å²) in [7, 11) is -1.37. The third-order valence-electron chi connectivity index (χ3n) is 7.16. The number of amides is 1. The summed E-state index contributed by atoms with van der Waals surface area (Å²) in [5.41, 5.74) is -0.333. The van der Waals surface area contributed by atoms with Gasteiger partial charge in [-0.05, 0) is 50.4 Å². The number of fused-ring (bicyclic) bond motifs is 1. The quantitative estimate of drug-likeness (QED) is 0.314. The Morgan fingerprint density at radius 2 is 1.90 bits per heavy atom. The van der Waals surface area contributed by atoms with Gasteiger partial charge >= 0.3 is 0 Å². The number of nitrogens with zero attached hydrogens (tertiary/aromatic N) is 5. The van der Waals surface area contributed by atoms with Crippen molar-refractivity contribution in [2.75, 3.05) is 6.61 Å².